The fourth-order valence-electron chi connectivity index (χ4n) is 11.5. The van der Waals surface area contributed by atoms with E-state index >= 15 is 0 Å². The number of aromatic hydroxyl groups is 1. The predicted octanol–water partition coefficient (Wildman–Crippen LogP) is 3.64. The second kappa shape index (κ2) is 41.1. The normalized spacial score (nSPS) is 15.0. The number of carbonyl (C=O) groups excluding carboxylic acids is 7. The van der Waals surface area contributed by atoms with Crippen molar-refractivity contribution in [3.8, 4) is 5.75 Å². The number of phenols is 1. The Hall–Kier alpha value is -11.3. The van der Waals surface area contributed by atoms with E-state index in [-0.39, 0.29) is 68.9 Å². The average molecular weight is 1470 g/mol. The number of aromatic carboxylic acids is 1. The summed E-state index contributed by atoms with van der Waals surface area (Å²) in [6.45, 7) is 9.57. The summed E-state index contributed by atoms with van der Waals surface area (Å²) < 4.78 is 2.02. The lowest BCUT2D eigenvalue weighted by molar-refractivity contribution is -0.145. The maximum Gasteiger partial charge on any atom is 0.335 e. The summed E-state index contributed by atoms with van der Waals surface area (Å²) in [5.41, 5.74) is 15.0. The van der Waals surface area contributed by atoms with E-state index in [1.807, 2.05) is 22.1 Å². The van der Waals surface area contributed by atoms with Crippen LogP contribution in [-0.2, 0) is 86.6 Å². The van der Waals surface area contributed by atoms with E-state index < -0.39 is 132 Å². The maximum absolute atomic E-state index is 14.6. The second-order valence-electron chi connectivity index (χ2n) is 25.9. The number of aromatic amines is 1. The summed E-state index contributed by atoms with van der Waals surface area (Å²) in [4.78, 5) is 159. The zero-order valence-electron chi connectivity index (χ0n) is 59.2. The molecule has 3 aromatic heterocycles. The third-order valence-electron chi connectivity index (χ3n) is 17.5. The van der Waals surface area contributed by atoms with Gasteiger partial charge in [0.1, 0.15) is 53.9 Å². The third kappa shape index (κ3) is 26.2. The van der Waals surface area contributed by atoms with E-state index in [1.165, 1.54) is 53.0 Å². The number of phenolic OH excluding ortho intramolecular Hbond substituents is 1. The maximum atomic E-state index is 14.6. The van der Waals surface area contributed by atoms with Crippen LogP contribution in [0.1, 0.15) is 135 Å². The molecule has 1 aliphatic rings. The molecule has 32 heteroatoms. The first-order valence-corrected chi connectivity index (χ1v) is 35.5. The quantitative estimate of drug-likeness (QED) is 0.0113. The van der Waals surface area contributed by atoms with Crippen LogP contribution in [0, 0.1) is 17.2 Å². The molecule has 1 saturated heterocycles. The Balaban J connectivity index is 0.000000476. The van der Waals surface area contributed by atoms with Gasteiger partial charge in [-0.1, -0.05) is 108 Å². The largest absolute Gasteiger partial charge is 0.508 e. The number of aliphatic carboxylic acids is 3. The summed E-state index contributed by atoms with van der Waals surface area (Å²) >= 11 is 1.53. The number of nitrogens with one attached hydrogen (secondary N) is 9. The smallest absolute Gasteiger partial charge is 0.335 e. The number of H-pyrrole nitrogens is 1. The monoisotopic (exact) mass is 1470 g/mol. The Kier molecular flexibility index (Phi) is 32.4. The molecule has 31 nitrogen and oxygen atoms in total. The Morgan fingerprint density at radius 3 is 1.95 bits per heavy atom. The first kappa shape index (κ1) is 82.7. The number of aryl methyl sites for hydroxylation is 1. The SMILES string of the molecule is CCCCc1ncc(/C=C(\Cc2cccs2)C(=O)O)n1Cc1ccc(C(=O)O)cc1.CC[C@H](C)[C@H](NC(=O)[C@H](Cc1ccc(O)cc1)NC(=O)[C@@H](NC(=O)[C@H](CCCNC(=N)N)NC(=O)[C@@H](N)CC(=O)O)C(C)C)C(=O)N[C@@H](Cc1cnc[nH]1)C(=O)N1CCC[C@H]1C(=O)N[C@@H](Cc1ccccc1)C(=O)O. The zero-order valence-corrected chi connectivity index (χ0v) is 60.0. The standard InChI is InChI=1S/C50H71N13O12.C23H24N2O4S/c1-5-28(4)41(47(72)59-36(23-31-25-54-26-56-31)48(73)63-20-10-14-38(63)45(70)60-37(49(74)75)22-29-11-7-6-8-12-29)62-44(69)35(21-30-15-17-32(64)18-16-30)58-46(71)40(27(2)3)61-43(68)34(13-9-19-55-50(52)53)57-42(67)33(51)24-39(65)66;1-2-3-6-21-24-14-19(12-18(23(28)29)13-20-5-4-11-30-20)25(21)15-16-7-9-17(10-8-16)22(26)27/h6-8,11-12,15-18,25-28,33-38,40-41,64H,5,9-10,13-14,19-24,51H2,1-4H3,(H,54,56)(H,57,67)(H,58,71)(H,59,72)(H,60,70)(H,61,68)(H,62,69)(H,65,66)(H,74,75)(H4,52,53,55);4-5,7-12,14H,2-3,6,13,15H2,1H3,(H,26,27)(H,28,29)/b;18-12+/t28-,33-,34-,35-,36-,37-,38-,40-,41-;/m0./s1. The fourth-order valence-corrected chi connectivity index (χ4v) is 12.2. The van der Waals surface area contributed by atoms with Gasteiger partial charge >= 0.3 is 23.9 Å². The Morgan fingerprint density at radius 2 is 1.35 bits per heavy atom. The van der Waals surface area contributed by atoms with Crippen LogP contribution in [0.3, 0.4) is 0 Å². The van der Waals surface area contributed by atoms with E-state index in [9.17, 15) is 68.1 Å². The zero-order chi connectivity index (χ0) is 76.9. The van der Waals surface area contributed by atoms with Gasteiger partial charge in [-0.2, -0.15) is 0 Å². The van der Waals surface area contributed by atoms with Crippen molar-refractivity contribution in [1.29, 1.82) is 5.41 Å². The number of amides is 7. The molecule has 1 fully saturated rings. The van der Waals surface area contributed by atoms with Crippen LogP contribution in [0.4, 0.5) is 0 Å². The van der Waals surface area contributed by atoms with Gasteiger partial charge in [0, 0.05) is 74.1 Å². The molecule has 4 heterocycles. The number of thiophene rings is 1. The summed E-state index contributed by atoms with van der Waals surface area (Å²) in [6.07, 6.45) is 9.51. The number of carbonyl (C=O) groups is 11. The van der Waals surface area contributed by atoms with Crippen molar-refractivity contribution in [3.63, 3.8) is 0 Å². The van der Waals surface area contributed by atoms with E-state index in [0.717, 1.165) is 41.2 Å². The minimum absolute atomic E-state index is 0.00272. The van der Waals surface area contributed by atoms with E-state index in [1.54, 1.807) is 94.6 Å². The van der Waals surface area contributed by atoms with Crippen LogP contribution in [0.2, 0.25) is 0 Å². The number of carboxylic acids is 4. The molecule has 0 bridgehead atoms. The molecule has 0 spiro atoms. The highest BCUT2D eigenvalue weighted by Crippen LogP contribution is 2.24. The molecule has 0 unspecified atom stereocenters. The van der Waals surface area contributed by atoms with E-state index in [4.69, 9.17) is 27.1 Å². The van der Waals surface area contributed by atoms with Crippen LogP contribution in [-0.4, -0.2) is 183 Å². The molecule has 0 saturated carbocycles. The molecule has 18 N–H and O–H groups in total. The number of rotatable bonds is 39. The Morgan fingerprint density at radius 1 is 0.714 bits per heavy atom. The summed E-state index contributed by atoms with van der Waals surface area (Å²) in [5.74, 6) is -10.8. The number of hydrogen-bond acceptors (Lipinski definition) is 17. The van der Waals surface area contributed by atoms with Crippen molar-refractivity contribution in [3.05, 3.63) is 165 Å². The van der Waals surface area contributed by atoms with Crippen molar-refractivity contribution in [2.75, 3.05) is 13.1 Å². The highest BCUT2D eigenvalue weighted by Gasteiger charge is 2.41. The lowest BCUT2D eigenvalue weighted by Gasteiger charge is -2.32. The molecule has 7 amide bonds. The van der Waals surface area contributed by atoms with Gasteiger partial charge in [0.2, 0.25) is 41.4 Å². The van der Waals surface area contributed by atoms with Crippen LogP contribution in [0.5, 0.6) is 5.75 Å². The molecule has 564 valence electrons. The lowest BCUT2D eigenvalue weighted by atomic mass is 9.96. The Labute approximate surface area is 611 Å². The highest BCUT2D eigenvalue weighted by molar-refractivity contribution is 7.09. The van der Waals surface area contributed by atoms with Gasteiger partial charge < -0.3 is 88.7 Å². The van der Waals surface area contributed by atoms with Gasteiger partial charge in [-0.05, 0) is 102 Å². The summed E-state index contributed by atoms with van der Waals surface area (Å²) in [7, 11) is 0. The van der Waals surface area contributed by atoms with Crippen LogP contribution >= 0.6 is 11.3 Å². The van der Waals surface area contributed by atoms with Crippen molar-refractivity contribution in [1.82, 2.24) is 61.6 Å². The van der Waals surface area contributed by atoms with Crippen molar-refractivity contribution in [2.24, 2.45) is 23.3 Å². The molecule has 6 aromatic rings. The number of guanidine groups is 1. The number of hydrogen-bond donors (Lipinski definition) is 16. The van der Waals surface area contributed by atoms with Crippen molar-refractivity contribution < 1.29 is 78.3 Å². The minimum atomic E-state index is -1.51. The van der Waals surface area contributed by atoms with Crippen molar-refractivity contribution >= 4 is 88.6 Å². The van der Waals surface area contributed by atoms with Crippen LogP contribution < -0.4 is 48.7 Å². The molecule has 0 radical (unpaired) electrons. The highest BCUT2D eigenvalue weighted by atomic mass is 32.1. The number of benzene rings is 3. The third-order valence-corrected chi connectivity index (χ3v) is 18.4. The van der Waals surface area contributed by atoms with E-state index in [2.05, 4.69) is 59.1 Å². The fraction of sp³-hybridized carbons (Fsp3) is 0.425. The molecular formula is C73H95N15O16S. The number of likely N-dealkylation sites (tertiary alicyclic amines) is 1. The van der Waals surface area contributed by atoms with Gasteiger partial charge in [-0.25, -0.2) is 24.4 Å². The summed E-state index contributed by atoms with van der Waals surface area (Å²) in [5, 5.41) is 75.8. The number of carboxylic acid groups (broad SMARTS) is 4. The topological polar surface area (TPSA) is 499 Å². The van der Waals surface area contributed by atoms with Gasteiger partial charge in [-0.3, -0.25) is 43.8 Å². The number of nitrogens with two attached hydrogens (primary N) is 2. The van der Waals surface area contributed by atoms with E-state index in [0.29, 0.717) is 48.2 Å². The molecule has 9 atom stereocenters. The molecule has 105 heavy (non-hydrogen) atoms. The van der Waals surface area contributed by atoms with Gasteiger partial charge in [0.05, 0.1) is 36.2 Å². The van der Waals surface area contributed by atoms with Gasteiger partial charge in [0.25, 0.3) is 0 Å². The lowest BCUT2D eigenvalue weighted by Crippen LogP contribution is -2.62. The molecule has 0 aliphatic carbocycles. The summed E-state index contributed by atoms with van der Waals surface area (Å²) in [6, 6.07) is 14.5. The number of imidazole rings is 2. The molecular weight excluding hydrogens is 1370 g/mol. The number of aromatic nitrogens is 4. The molecule has 1 aliphatic heterocycles. The van der Waals surface area contributed by atoms with Gasteiger partial charge in [-0.15, -0.1) is 11.3 Å². The number of nitrogens with zero attached hydrogens (tertiary/aromatic N) is 4. The van der Waals surface area contributed by atoms with Crippen LogP contribution in [0.25, 0.3) is 6.08 Å². The van der Waals surface area contributed by atoms with Crippen LogP contribution in [0.15, 0.2) is 121 Å². The molecule has 7 rings (SSSR count). The average Bonchev–Trinajstić information content (AvgIpc) is 1.61. The first-order valence-electron chi connectivity index (χ1n) is 34.6. The minimum Gasteiger partial charge on any atom is -0.508 e. The second-order valence-corrected chi connectivity index (χ2v) is 27.0. The predicted molar refractivity (Wildman–Crippen MR) is 389 cm³/mol. The van der Waals surface area contributed by atoms with Crippen molar-refractivity contribution in [2.45, 2.75) is 173 Å². The Bertz CT molecular complexity index is 3940. The first-order chi connectivity index (χ1) is 50.0. The van der Waals surface area contributed by atoms with Gasteiger partial charge in [0.15, 0.2) is 5.96 Å². The number of unbranched alkanes of at least 4 members (excludes halogenated alkanes) is 1. The molecule has 3 aromatic carbocycles.